The van der Waals surface area contributed by atoms with Crippen molar-refractivity contribution in [1.82, 2.24) is 0 Å². The molecule has 0 aromatic heterocycles. The minimum atomic E-state index is -4.34. The summed E-state index contributed by atoms with van der Waals surface area (Å²) in [6.07, 6.45) is 0. The van der Waals surface area contributed by atoms with Gasteiger partial charge in [0.2, 0.25) is 0 Å². The van der Waals surface area contributed by atoms with Gasteiger partial charge in [-0.05, 0) is 30.0 Å². The lowest BCUT2D eigenvalue weighted by molar-refractivity contribution is -0.114. The summed E-state index contributed by atoms with van der Waals surface area (Å²) in [5.41, 5.74) is -3.76. The molecule has 3 nitrogen and oxygen atoms in total. The van der Waals surface area contributed by atoms with Gasteiger partial charge < -0.3 is 4.90 Å². The Morgan fingerprint density at radius 1 is 1.26 bits per heavy atom. The second kappa shape index (κ2) is 5.16. The van der Waals surface area contributed by atoms with E-state index in [1.165, 1.54) is 6.07 Å². The van der Waals surface area contributed by atoms with Crippen molar-refractivity contribution in [3.63, 3.8) is 0 Å². The number of carbonyl (C=O) groups is 2. The number of alkyl halides is 3. The number of hydrogen-bond donors (Lipinski definition) is 0. The van der Waals surface area contributed by atoms with E-state index < -0.39 is 17.2 Å². The van der Waals surface area contributed by atoms with Crippen LogP contribution in [-0.4, -0.2) is 29.5 Å². The summed E-state index contributed by atoms with van der Waals surface area (Å²) in [5, 5.41) is 0. The van der Waals surface area contributed by atoms with Crippen molar-refractivity contribution in [3.8, 4) is 0 Å². The maximum absolute atomic E-state index is 12.0. The Labute approximate surface area is 119 Å². The first kappa shape index (κ1) is 14.4. The number of hydrogen-bond acceptors (Lipinski definition) is 3. The van der Waals surface area contributed by atoms with Crippen LogP contribution in [0.4, 0.5) is 18.9 Å². The number of halogens is 4. The molecule has 0 radical (unpaired) electrons. The van der Waals surface area contributed by atoms with E-state index in [9.17, 15) is 22.8 Å². The summed E-state index contributed by atoms with van der Waals surface area (Å²) >= 11 is 2.96. The summed E-state index contributed by atoms with van der Waals surface area (Å²) in [6.45, 7) is -0.149. The fourth-order valence-electron chi connectivity index (χ4n) is 1.75. The molecule has 0 unspecified atom stereocenters. The van der Waals surface area contributed by atoms with Crippen LogP contribution in [0.25, 0.3) is 0 Å². The van der Waals surface area contributed by atoms with Crippen LogP contribution in [0.15, 0.2) is 22.7 Å². The Kier molecular flexibility index (Phi) is 3.91. The highest BCUT2D eigenvalue weighted by atomic mass is 79.9. The van der Waals surface area contributed by atoms with Crippen LogP contribution in [-0.2, 0) is 4.79 Å². The van der Waals surface area contributed by atoms with Gasteiger partial charge in [-0.15, -0.1) is 0 Å². The Morgan fingerprint density at radius 2 is 1.95 bits per heavy atom. The van der Waals surface area contributed by atoms with E-state index in [0.717, 1.165) is 4.90 Å². The summed E-state index contributed by atoms with van der Waals surface area (Å²) in [7, 11) is 0. The standard InChI is InChI=1S/C11H7BrF3NO2S/c12-6-1-2-8-7(5-6)9(17)10(18)16(8)3-4-19-11(13,14)15/h1-2,5H,3-4H2. The normalized spacial score (nSPS) is 15.1. The van der Waals surface area contributed by atoms with Gasteiger partial charge in [-0.2, -0.15) is 13.2 Å². The van der Waals surface area contributed by atoms with E-state index >= 15 is 0 Å². The number of fused-ring (bicyclic) bond motifs is 1. The van der Waals surface area contributed by atoms with Gasteiger partial charge in [-0.25, -0.2) is 0 Å². The highest BCUT2D eigenvalue weighted by molar-refractivity contribution is 9.10. The van der Waals surface area contributed by atoms with Crippen molar-refractivity contribution in [2.45, 2.75) is 5.51 Å². The van der Waals surface area contributed by atoms with Gasteiger partial charge in [-0.3, -0.25) is 9.59 Å². The first-order valence-electron chi connectivity index (χ1n) is 5.16. The SMILES string of the molecule is O=C1C(=O)N(CCSC(F)(F)F)c2ccc(Br)cc21. The molecule has 0 fully saturated rings. The molecule has 0 bridgehead atoms. The van der Waals surface area contributed by atoms with Gasteiger partial charge in [0.05, 0.1) is 11.3 Å². The third-order valence-corrected chi connectivity index (χ3v) is 3.72. The smallest absolute Gasteiger partial charge is 0.304 e. The highest BCUT2D eigenvalue weighted by Crippen LogP contribution is 2.33. The van der Waals surface area contributed by atoms with Crippen LogP contribution in [0, 0.1) is 0 Å². The number of benzene rings is 1. The summed E-state index contributed by atoms with van der Waals surface area (Å²) in [4.78, 5) is 24.5. The Bertz CT molecular complexity index is 547. The fraction of sp³-hybridized carbons (Fsp3) is 0.273. The average Bonchev–Trinajstić information content (AvgIpc) is 2.53. The minimum absolute atomic E-state index is 0.149. The Hall–Kier alpha value is -1.02. The maximum Gasteiger partial charge on any atom is 0.441 e. The summed E-state index contributed by atoms with van der Waals surface area (Å²) in [5.74, 6) is -1.78. The van der Waals surface area contributed by atoms with Crippen LogP contribution < -0.4 is 4.90 Å². The number of rotatable bonds is 3. The molecular formula is C11H7BrF3NO2S. The molecule has 8 heteroatoms. The molecule has 0 N–H and O–H groups in total. The zero-order chi connectivity index (χ0) is 14.2. The number of thioether (sulfide) groups is 1. The number of ketones is 1. The molecule has 0 atom stereocenters. The number of amides is 1. The molecule has 1 aromatic rings. The number of carbonyl (C=O) groups excluding carboxylic acids is 2. The van der Waals surface area contributed by atoms with Crippen molar-refractivity contribution in [2.24, 2.45) is 0 Å². The molecule has 1 aliphatic heterocycles. The first-order chi connectivity index (χ1) is 8.79. The van der Waals surface area contributed by atoms with Crippen molar-refractivity contribution >= 4 is 45.1 Å². The lowest BCUT2D eigenvalue weighted by Crippen LogP contribution is -2.32. The van der Waals surface area contributed by atoms with Gasteiger partial charge in [0, 0.05) is 16.8 Å². The zero-order valence-electron chi connectivity index (χ0n) is 9.33. The van der Waals surface area contributed by atoms with E-state index in [4.69, 9.17) is 0 Å². The molecule has 0 saturated carbocycles. The van der Waals surface area contributed by atoms with Gasteiger partial charge in [0.25, 0.3) is 11.7 Å². The van der Waals surface area contributed by atoms with Crippen LogP contribution in [0.2, 0.25) is 0 Å². The average molecular weight is 354 g/mol. The first-order valence-corrected chi connectivity index (χ1v) is 6.94. The second-order valence-corrected chi connectivity index (χ2v) is 5.82. The minimum Gasteiger partial charge on any atom is -0.304 e. The molecule has 19 heavy (non-hydrogen) atoms. The van der Waals surface area contributed by atoms with E-state index in [0.29, 0.717) is 10.2 Å². The molecular weight excluding hydrogens is 347 g/mol. The molecule has 0 spiro atoms. The van der Waals surface area contributed by atoms with Crippen LogP contribution in [0.1, 0.15) is 10.4 Å². The number of Topliss-reactive ketones (excluding diaryl/α,β-unsaturated/α-hetero) is 1. The highest BCUT2D eigenvalue weighted by Gasteiger charge is 2.36. The van der Waals surface area contributed by atoms with Gasteiger partial charge in [-0.1, -0.05) is 15.9 Å². The predicted octanol–water partition coefficient (Wildman–Crippen LogP) is 3.23. The topological polar surface area (TPSA) is 37.4 Å². The monoisotopic (exact) mass is 353 g/mol. The van der Waals surface area contributed by atoms with Gasteiger partial charge in [0.1, 0.15) is 0 Å². The molecule has 1 heterocycles. The lowest BCUT2D eigenvalue weighted by Gasteiger charge is -2.16. The van der Waals surface area contributed by atoms with Crippen LogP contribution in [0.5, 0.6) is 0 Å². The van der Waals surface area contributed by atoms with E-state index in [1.807, 2.05) is 0 Å². The van der Waals surface area contributed by atoms with Gasteiger partial charge >= 0.3 is 5.51 Å². The Morgan fingerprint density at radius 3 is 2.58 bits per heavy atom. The molecule has 1 amide bonds. The van der Waals surface area contributed by atoms with Crippen LogP contribution in [0.3, 0.4) is 0 Å². The zero-order valence-corrected chi connectivity index (χ0v) is 11.7. The van der Waals surface area contributed by atoms with Crippen molar-refractivity contribution in [3.05, 3.63) is 28.2 Å². The molecule has 2 rings (SSSR count). The maximum atomic E-state index is 12.0. The number of nitrogens with zero attached hydrogens (tertiary/aromatic N) is 1. The number of anilines is 1. The predicted molar refractivity (Wildman–Crippen MR) is 69.3 cm³/mol. The third-order valence-electron chi connectivity index (χ3n) is 2.51. The molecule has 102 valence electrons. The molecule has 1 aromatic carbocycles. The fourth-order valence-corrected chi connectivity index (χ4v) is 2.61. The Balaban J connectivity index is 2.15. The van der Waals surface area contributed by atoms with E-state index in [-0.39, 0.29) is 29.6 Å². The second-order valence-electron chi connectivity index (χ2n) is 3.74. The van der Waals surface area contributed by atoms with Gasteiger partial charge in [0.15, 0.2) is 0 Å². The third kappa shape index (κ3) is 3.11. The summed E-state index contributed by atoms with van der Waals surface area (Å²) < 4.78 is 36.8. The van der Waals surface area contributed by atoms with E-state index in [2.05, 4.69) is 15.9 Å². The lowest BCUT2D eigenvalue weighted by atomic mass is 10.1. The summed E-state index contributed by atoms with van der Waals surface area (Å²) in [6, 6.07) is 4.67. The molecule has 0 saturated heterocycles. The molecule has 0 aliphatic carbocycles. The van der Waals surface area contributed by atoms with E-state index in [1.54, 1.807) is 12.1 Å². The van der Waals surface area contributed by atoms with Crippen LogP contribution >= 0.6 is 27.7 Å². The molecule has 1 aliphatic rings. The van der Waals surface area contributed by atoms with Crippen molar-refractivity contribution in [1.29, 1.82) is 0 Å². The van der Waals surface area contributed by atoms with Crippen molar-refractivity contribution in [2.75, 3.05) is 17.2 Å². The van der Waals surface area contributed by atoms with Crippen molar-refractivity contribution < 1.29 is 22.8 Å². The quantitative estimate of drug-likeness (QED) is 0.783. The largest absolute Gasteiger partial charge is 0.441 e.